The van der Waals surface area contributed by atoms with Gasteiger partial charge in [-0.05, 0) is 26.7 Å². The van der Waals surface area contributed by atoms with Gasteiger partial charge in [0.05, 0.1) is 5.39 Å². The molecule has 2 heterocycles. The molecule has 0 bridgehead atoms. The Morgan fingerprint density at radius 1 is 1.50 bits per heavy atom. The predicted octanol–water partition coefficient (Wildman–Crippen LogP) is 2.19. The number of carboxylic acid groups (broad SMARTS) is 1. The van der Waals surface area contributed by atoms with Crippen LogP contribution in [0.3, 0.4) is 0 Å². The Kier molecular flexibility index (Phi) is 2.10. The van der Waals surface area contributed by atoms with Gasteiger partial charge in [-0.3, -0.25) is 0 Å². The van der Waals surface area contributed by atoms with Gasteiger partial charge in [0.1, 0.15) is 23.5 Å². The third kappa shape index (κ3) is 1.61. The van der Waals surface area contributed by atoms with Crippen LogP contribution in [0.5, 0.6) is 0 Å². The summed E-state index contributed by atoms with van der Waals surface area (Å²) in [6.45, 7) is 3.70. The molecule has 6 heteroatoms. The fourth-order valence-corrected chi connectivity index (χ4v) is 1.99. The highest BCUT2D eigenvalue weighted by molar-refractivity contribution is 6.07. The summed E-state index contributed by atoms with van der Waals surface area (Å²) in [5.41, 5.74) is 0.464. The van der Waals surface area contributed by atoms with Crippen molar-refractivity contribution in [1.82, 2.24) is 9.97 Å². The molecule has 18 heavy (non-hydrogen) atoms. The zero-order valence-corrected chi connectivity index (χ0v) is 10.1. The van der Waals surface area contributed by atoms with Crippen molar-refractivity contribution in [2.45, 2.75) is 32.2 Å². The van der Waals surface area contributed by atoms with Crippen LogP contribution in [0.2, 0.25) is 0 Å². The highest BCUT2D eigenvalue weighted by atomic mass is 16.4. The third-order valence-electron chi connectivity index (χ3n) is 3.30. The second-order valence-electron chi connectivity index (χ2n) is 4.93. The molecule has 1 saturated carbocycles. The highest BCUT2D eigenvalue weighted by Crippen LogP contribution is 2.40. The van der Waals surface area contributed by atoms with E-state index in [2.05, 4.69) is 22.2 Å². The lowest BCUT2D eigenvalue weighted by Gasteiger charge is -2.12. The molecule has 0 spiro atoms. The minimum atomic E-state index is -1.02. The zero-order chi connectivity index (χ0) is 12.9. The fourth-order valence-electron chi connectivity index (χ4n) is 1.99. The van der Waals surface area contributed by atoms with E-state index >= 15 is 0 Å². The molecule has 6 nitrogen and oxygen atoms in total. The standard InChI is InChI=1S/C12H13N3O3/c1-6-7(11(16)17)8-9(15-12(2)3-4-12)13-5-14-10(8)18-6/h5H,3-4H2,1-2H3,(H,16,17)(H,13,14,15). The van der Waals surface area contributed by atoms with Crippen LogP contribution >= 0.6 is 0 Å². The Morgan fingerprint density at radius 2 is 2.22 bits per heavy atom. The molecule has 0 unspecified atom stereocenters. The molecule has 0 atom stereocenters. The molecular formula is C12H13N3O3. The molecule has 0 radical (unpaired) electrons. The number of furan rings is 1. The van der Waals surface area contributed by atoms with Crippen molar-refractivity contribution in [3.63, 3.8) is 0 Å². The molecule has 2 aromatic rings. The summed E-state index contributed by atoms with van der Waals surface area (Å²) in [5.74, 6) is -0.138. The van der Waals surface area contributed by atoms with Crippen LogP contribution in [-0.4, -0.2) is 26.6 Å². The van der Waals surface area contributed by atoms with Gasteiger partial charge in [0.25, 0.3) is 0 Å². The first-order chi connectivity index (χ1) is 8.50. The van der Waals surface area contributed by atoms with E-state index < -0.39 is 5.97 Å². The Labute approximate surface area is 103 Å². The fraction of sp³-hybridized carbons (Fsp3) is 0.417. The monoisotopic (exact) mass is 247 g/mol. The largest absolute Gasteiger partial charge is 0.478 e. The summed E-state index contributed by atoms with van der Waals surface area (Å²) < 4.78 is 5.36. The van der Waals surface area contributed by atoms with Crippen molar-refractivity contribution < 1.29 is 14.3 Å². The van der Waals surface area contributed by atoms with Crippen molar-refractivity contribution >= 4 is 22.9 Å². The first kappa shape index (κ1) is 11.0. The number of carbonyl (C=O) groups is 1. The van der Waals surface area contributed by atoms with Gasteiger partial charge < -0.3 is 14.8 Å². The average Bonchev–Trinajstić information content (AvgIpc) is 2.89. The van der Waals surface area contributed by atoms with Crippen LogP contribution in [-0.2, 0) is 0 Å². The van der Waals surface area contributed by atoms with Gasteiger partial charge in [-0.25, -0.2) is 14.8 Å². The van der Waals surface area contributed by atoms with Crippen LogP contribution in [0.15, 0.2) is 10.7 Å². The van der Waals surface area contributed by atoms with Gasteiger partial charge in [-0.15, -0.1) is 0 Å². The van der Waals surface area contributed by atoms with E-state index in [1.54, 1.807) is 6.92 Å². The summed E-state index contributed by atoms with van der Waals surface area (Å²) in [4.78, 5) is 19.4. The number of rotatable bonds is 3. The van der Waals surface area contributed by atoms with Gasteiger partial charge in [-0.2, -0.15) is 0 Å². The molecule has 0 amide bonds. The SMILES string of the molecule is Cc1oc2ncnc(NC3(C)CC3)c2c1C(=O)O. The highest BCUT2D eigenvalue weighted by Gasteiger charge is 2.38. The molecule has 1 fully saturated rings. The van der Waals surface area contributed by atoms with Crippen molar-refractivity contribution in [1.29, 1.82) is 0 Å². The number of aromatic carboxylic acids is 1. The third-order valence-corrected chi connectivity index (χ3v) is 3.30. The zero-order valence-electron chi connectivity index (χ0n) is 10.1. The van der Waals surface area contributed by atoms with Crippen LogP contribution in [0.4, 0.5) is 5.82 Å². The molecule has 2 N–H and O–H groups in total. The van der Waals surface area contributed by atoms with E-state index in [9.17, 15) is 9.90 Å². The number of nitrogens with zero attached hydrogens (tertiary/aromatic N) is 2. The van der Waals surface area contributed by atoms with Gasteiger partial charge in [-0.1, -0.05) is 0 Å². The van der Waals surface area contributed by atoms with Crippen LogP contribution in [0.25, 0.3) is 11.1 Å². The molecule has 0 aromatic carbocycles. The maximum Gasteiger partial charge on any atom is 0.340 e. The van der Waals surface area contributed by atoms with E-state index in [0.29, 0.717) is 22.7 Å². The molecule has 1 aliphatic carbocycles. The molecule has 3 rings (SSSR count). The lowest BCUT2D eigenvalue weighted by molar-refractivity contribution is 0.0697. The van der Waals surface area contributed by atoms with Crippen LogP contribution in [0.1, 0.15) is 35.9 Å². The lowest BCUT2D eigenvalue weighted by Crippen LogP contribution is -2.17. The number of hydrogen-bond acceptors (Lipinski definition) is 5. The van der Waals surface area contributed by atoms with Gasteiger partial charge in [0.15, 0.2) is 0 Å². The molecular weight excluding hydrogens is 234 g/mol. The van der Waals surface area contributed by atoms with E-state index in [1.165, 1.54) is 6.33 Å². The number of anilines is 1. The molecule has 0 aliphatic heterocycles. The second-order valence-corrected chi connectivity index (χ2v) is 4.93. The summed E-state index contributed by atoms with van der Waals surface area (Å²) in [7, 11) is 0. The van der Waals surface area contributed by atoms with E-state index in [4.69, 9.17) is 4.42 Å². The van der Waals surface area contributed by atoms with Crippen LogP contribution in [0, 0.1) is 6.92 Å². The van der Waals surface area contributed by atoms with Gasteiger partial charge >= 0.3 is 5.97 Å². The quantitative estimate of drug-likeness (QED) is 0.864. The van der Waals surface area contributed by atoms with Crippen molar-refractivity contribution in [2.24, 2.45) is 0 Å². The Bertz CT molecular complexity index is 643. The van der Waals surface area contributed by atoms with Crippen molar-refractivity contribution in [3.8, 4) is 0 Å². The van der Waals surface area contributed by atoms with E-state index in [-0.39, 0.29) is 11.1 Å². The Hall–Kier alpha value is -2.11. The first-order valence-corrected chi connectivity index (χ1v) is 5.76. The topological polar surface area (TPSA) is 88.3 Å². The maximum atomic E-state index is 11.3. The summed E-state index contributed by atoms with van der Waals surface area (Å²) in [6.07, 6.45) is 3.49. The van der Waals surface area contributed by atoms with Crippen molar-refractivity contribution in [3.05, 3.63) is 17.7 Å². The molecule has 0 saturated heterocycles. The Morgan fingerprint density at radius 3 is 2.83 bits per heavy atom. The summed E-state index contributed by atoms with van der Waals surface area (Å²) in [5, 5.41) is 13.0. The normalized spacial score (nSPS) is 16.8. The molecule has 1 aliphatic rings. The van der Waals surface area contributed by atoms with E-state index in [0.717, 1.165) is 12.8 Å². The number of nitrogens with one attached hydrogen (secondary N) is 1. The van der Waals surface area contributed by atoms with Crippen LogP contribution < -0.4 is 5.32 Å². The number of hydrogen-bond donors (Lipinski definition) is 2. The minimum absolute atomic E-state index is 0.0161. The first-order valence-electron chi connectivity index (χ1n) is 5.76. The Balaban J connectivity index is 2.21. The number of carboxylic acids is 1. The summed E-state index contributed by atoms with van der Waals surface area (Å²) in [6, 6.07) is 0. The second kappa shape index (κ2) is 3.44. The number of aryl methyl sites for hydroxylation is 1. The van der Waals surface area contributed by atoms with E-state index in [1.807, 2.05) is 0 Å². The maximum absolute atomic E-state index is 11.3. The molecule has 2 aromatic heterocycles. The van der Waals surface area contributed by atoms with Gasteiger partial charge in [0.2, 0.25) is 5.71 Å². The smallest absolute Gasteiger partial charge is 0.340 e. The lowest BCUT2D eigenvalue weighted by atomic mass is 10.1. The minimum Gasteiger partial charge on any atom is -0.478 e. The number of aromatic nitrogens is 2. The number of fused-ring (bicyclic) bond motifs is 1. The predicted molar refractivity (Wildman–Crippen MR) is 64.8 cm³/mol. The summed E-state index contributed by atoms with van der Waals surface area (Å²) >= 11 is 0. The van der Waals surface area contributed by atoms with Gasteiger partial charge in [0, 0.05) is 5.54 Å². The molecule has 94 valence electrons. The van der Waals surface area contributed by atoms with Crippen molar-refractivity contribution in [2.75, 3.05) is 5.32 Å². The average molecular weight is 247 g/mol.